The molecule has 0 bridgehead atoms. The normalized spacial score (nSPS) is 14.9. The van der Waals surface area contributed by atoms with Crippen LogP contribution in [0.25, 0.3) is 0 Å². The number of halogens is 2. The second kappa shape index (κ2) is 17.1. The summed E-state index contributed by atoms with van der Waals surface area (Å²) < 4.78 is 0. The van der Waals surface area contributed by atoms with Gasteiger partial charge in [0.05, 0.1) is 18.1 Å². The van der Waals surface area contributed by atoms with Gasteiger partial charge in [-0.3, -0.25) is 19.2 Å². The van der Waals surface area contributed by atoms with Crippen molar-refractivity contribution in [3.8, 4) is 0 Å². The number of Topliss-reactive ketones (excluding diaryl/α,β-unsaturated/α-hetero) is 1. The van der Waals surface area contributed by atoms with Gasteiger partial charge in [0.1, 0.15) is 11.8 Å². The van der Waals surface area contributed by atoms with Crippen molar-refractivity contribution in [2.75, 3.05) is 24.8 Å². The molecule has 3 amide bonds. The summed E-state index contributed by atoms with van der Waals surface area (Å²) >= 11 is 11.1. The Labute approximate surface area is 200 Å². The van der Waals surface area contributed by atoms with Gasteiger partial charge in [-0.1, -0.05) is 13.8 Å². The van der Waals surface area contributed by atoms with Crippen LogP contribution in [0, 0.1) is 5.92 Å². The standard InChI is InChI=1S/C20H38Cl2N6O4/c1-12(2)17(25)20(32)28-15(19(31)27-11-9-22)6-7-16(29)13(23)4-3-5-14(24)18(30)26-10-8-21/h12-15,17H,3-11,23-25H2,1-2H3,(H,26,30)(H,27,31)(H,28,32)/t13-,14?,15?,17-/m0/s1. The number of hydrogen-bond donors (Lipinski definition) is 6. The lowest BCUT2D eigenvalue weighted by Crippen LogP contribution is -2.53. The van der Waals surface area contributed by atoms with Crippen molar-refractivity contribution in [2.24, 2.45) is 23.1 Å². The van der Waals surface area contributed by atoms with Crippen molar-refractivity contribution >= 4 is 46.7 Å². The molecule has 0 heterocycles. The molecule has 0 aliphatic rings. The van der Waals surface area contributed by atoms with Crippen molar-refractivity contribution in [3.63, 3.8) is 0 Å². The second-order valence-electron chi connectivity index (χ2n) is 7.94. The highest BCUT2D eigenvalue weighted by molar-refractivity contribution is 6.18. The van der Waals surface area contributed by atoms with Crippen LogP contribution < -0.4 is 33.2 Å². The van der Waals surface area contributed by atoms with Crippen molar-refractivity contribution in [1.82, 2.24) is 16.0 Å². The Morgan fingerprint density at radius 3 is 1.84 bits per heavy atom. The van der Waals surface area contributed by atoms with E-state index in [9.17, 15) is 19.2 Å². The summed E-state index contributed by atoms with van der Waals surface area (Å²) in [5.41, 5.74) is 17.6. The molecule has 0 spiro atoms. The minimum absolute atomic E-state index is 0.000410. The van der Waals surface area contributed by atoms with Crippen molar-refractivity contribution in [3.05, 3.63) is 0 Å². The van der Waals surface area contributed by atoms with E-state index in [0.29, 0.717) is 31.7 Å². The van der Waals surface area contributed by atoms with Crippen LogP contribution in [0.4, 0.5) is 0 Å². The van der Waals surface area contributed by atoms with E-state index in [-0.39, 0.29) is 42.9 Å². The highest BCUT2D eigenvalue weighted by Crippen LogP contribution is 2.08. The molecule has 0 aliphatic carbocycles. The molecule has 0 saturated heterocycles. The van der Waals surface area contributed by atoms with E-state index in [0.717, 1.165) is 0 Å². The predicted molar refractivity (Wildman–Crippen MR) is 126 cm³/mol. The minimum Gasteiger partial charge on any atom is -0.354 e. The van der Waals surface area contributed by atoms with Gasteiger partial charge in [0.15, 0.2) is 0 Å². The van der Waals surface area contributed by atoms with Gasteiger partial charge in [0, 0.05) is 31.3 Å². The summed E-state index contributed by atoms with van der Waals surface area (Å²) in [6.07, 6.45) is 1.30. The quantitative estimate of drug-likeness (QED) is 0.144. The topological polar surface area (TPSA) is 182 Å². The Morgan fingerprint density at radius 2 is 1.31 bits per heavy atom. The van der Waals surface area contributed by atoms with E-state index in [1.165, 1.54) is 0 Å². The SMILES string of the molecule is CC(C)[C@H](N)C(=O)NC(CCC(=O)[C@@H](N)CCCC(N)C(=O)NCCCl)C(=O)NCCCl. The number of carbonyl (C=O) groups excluding carboxylic acids is 4. The van der Waals surface area contributed by atoms with E-state index in [1.54, 1.807) is 13.8 Å². The van der Waals surface area contributed by atoms with E-state index in [4.69, 9.17) is 40.4 Å². The molecule has 0 aliphatic heterocycles. The number of alkyl halides is 2. The van der Waals surface area contributed by atoms with E-state index in [2.05, 4.69) is 16.0 Å². The lowest BCUT2D eigenvalue weighted by molar-refractivity contribution is -0.130. The monoisotopic (exact) mass is 496 g/mol. The summed E-state index contributed by atoms with van der Waals surface area (Å²) in [5, 5.41) is 7.81. The molecule has 10 nitrogen and oxygen atoms in total. The van der Waals surface area contributed by atoms with E-state index < -0.39 is 36.0 Å². The fourth-order valence-corrected chi connectivity index (χ4v) is 2.95. The molecule has 4 atom stereocenters. The molecule has 0 radical (unpaired) electrons. The Balaban J connectivity index is 4.66. The first-order valence-electron chi connectivity index (χ1n) is 10.8. The number of ketones is 1. The smallest absolute Gasteiger partial charge is 0.242 e. The summed E-state index contributed by atoms with van der Waals surface area (Å²) in [7, 11) is 0. The Kier molecular flexibility index (Phi) is 16.3. The molecule has 9 N–H and O–H groups in total. The van der Waals surface area contributed by atoms with Crippen molar-refractivity contribution in [2.45, 2.75) is 70.1 Å². The maximum Gasteiger partial charge on any atom is 0.242 e. The summed E-state index contributed by atoms with van der Waals surface area (Å²) in [6, 6.07) is -3.16. The molecular weight excluding hydrogens is 459 g/mol. The molecule has 0 aromatic rings. The first kappa shape index (κ1) is 30.5. The molecule has 0 fully saturated rings. The third kappa shape index (κ3) is 12.5. The van der Waals surface area contributed by atoms with Crippen LogP contribution in [-0.4, -0.2) is 72.5 Å². The van der Waals surface area contributed by atoms with Crippen molar-refractivity contribution in [1.29, 1.82) is 0 Å². The summed E-state index contributed by atoms with van der Waals surface area (Å²) in [6.45, 7) is 4.16. The van der Waals surface area contributed by atoms with E-state index in [1.807, 2.05) is 0 Å². The number of nitrogens with two attached hydrogens (primary N) is 3. The average Bonchev–Trinajstić information content (AvgIpc) is 2.76. The third-order valence-corrected chi connectivity index (χ3v) is 5.28. The van der Waals surface area contributed by atoms with Gasteiger partial charge in [-0.15, -0.1) is 23.2 Å². The first-order valence-corrected chi connectivity index (χ1v) is 11.9. The summed E-state index contributed by atoms with van der Waals surface area (Å²) in [5.74, 6) is -1.05. The maximum atomic E-state index is 12.4. The molecule has 0 rings (SSSR count). The predicted octanol–water partition coefficient (Wildman–Crippen LogP) is -0.661. The third-order valence-electron chi connectivity index (χ3n) is 4.90. The minimum atomic E-state index is -0.925. The van der Waals surface area contributed by atoms with Crippen LogP contribution in [0.3, 0.4) is 0 Å². The number of hydrogen-bond acceptors (Lipinski definition) is 7. The van der Waals surface area contributed by atoms with Crippen LogP contribution in [-0.2, 0) is 19.2 Å². The Hall–Kier alpha value is -1.46. The highest BCUT2D eigenvalue weighted by atomic mass is 35.5. The second-order valence-corrected chi connectivity index (χ2v) is 8.70. The molecule has 0 aromatic carbocycles. The molecule has 0 saturated carbocycles. The number of amides is 3. The highest BCUT2D eigenvalue weighted by Gasteiger charge is 2.26. The molecule has 32 heavy (non-hydrogen) atoms. The fraction of sp³-hybridized carbons (Fsp3) is 0.800. The van der Waals surface area contributed by atoms with Gasteiger partial charge in [-0.25, -0.2) is 0 Å². The van der Waals surface area contributed by atoms with Crippen LogP contribution in [0.15, 0.2) is 0 Å². The molecule has 186 valence electrons. The van der Waals surface area contributed by atoms with E-state index >= 15 is 0 Å². The Morgan fingerprint density at radius 1 is 0.781 bits per heavy atom. The number of nitrogens with one attached hydrogen (secondary N) is 3. The maximum absolute atomic E-state index is 12.4. The van der Waals surface area contributed by atoms with Crippen molar-refractivity contribution < 1.29 is 19.2 Å². The van der Waals surface area contributed by atoms with Crippen LogP contribution in [0.1, 0.15) is 46.0 Å². The van der Waals surface area contributed by atoms with Gasteiger partial charge in [-0.05, 0) is 31.6 Å². The average molecular weight is 497 g/mol. The fourth-order valence-electron chi connectivity index (χ4n) is 2.76. The molecule has 12 heteroatoms. The van der Waals surface area contributed by atoms with Crippen LogP contribution >= 0.6 is 23.2 Å². The zero-order chi connectivity index (χ0) is 24.7. The molecular formula is C20H38Cl2N6O4. The van der Waals surface area contributed by atoms with Crippen LogP contribution in [0.5, 0.6) is 0 Å². The largest absolute Gasteiger partial charge is 0.354 e. The summed E-state index contributed by atoms with van der Waals surface area (Å²) in [4.78, 5) is 48.8. The molecule has 0 aromatic heterocycles. The van der Waals surface area contributed by atoms with Gasteiger partial charge in [0.2, 0.25) is 17.7 Å². The number of carbonyl (C=O) groups is 4. The van der Waals surface area contributed by atoms with Gasteiger partial charge < -0.3 is 33.2 Å². The first-order chi connectivity index (χ1) is 15.0. The zero-order valence-electron chi connectivity index (χ0n) is 18.9. The number of rotatable bonds is 17. The molecule has 2 unspecified atom stereocenters. The lowest BCUT2D eigenvalue weighted by Gasteiger charge is -2.22. The van der Waals surface area contributed by atoms with Crippen LogP contribution in [0.2, 0.25) is 0 Å². The lowest BCUT2D eigenvalue weighted by atomic mass is 9.98. The zero-order valence-corrected chi connectivity index (χ0v) is 20.4. The van der Waals surface area contributed by atoms with Gasteiger partial charge >= 0.3 is 0 Å². The Bertz CT molecular complexity index is 609. The van der Waals surface area contributed by atoms with Gasteiger partial charge in [-0.2, -0.15) is 0 Å². The van der Waals surface area contributed by atoms with Gasteiger partial charge in [0.25, 0.3) is 0 Å².